The number of amides is 1. The van der Waals surface area contributed by atoms with E-state index < -0.39 is 21.5 Å². The van der Waals surface area contributed by atoms with Crippen molar-refractivity contribution in [3.05, 3.63) is 29.3 Å². The molecule has 0 saturated carbocycles. The zero-order valence-electron chi connectivity index (χ0n) is 11.1. The summed E-state index contributed by atoms with van der Waals surface area (Å²) in [6.07, 6.45) is 0. The van der Waals surface area contributed by atoms with Gasteiger partial charge in [0.2, 0.25) is 5.91 Å². The molecule has 0 fully saturated rings. The van der Waals surface area contributed by atoms with Crippen molar-refractivity contribution in [2.45, 2.75) is 38.6 Å². The van der Waals surface area contributed by atoms with Gasteiger partial charge in [-0.1, -0.05) is 17.7 Å². The molecule has 1 N–H and O–H groups in total. The summed E-state index contributed by atoms with van der Waals surface area (Å²) in [4.78, 5) is 11.8. The summed E-state index contributed by atoms with van der Waals surface area (Å²) in [5, 5.41) is 2.58. The average molecular weight is 269 g/mol. The molecule has 0 atom stereocenters. The van der Waals surface area contributed by atoms with E-state index in [0.29, 0.717) is 5.56 Å². The molecular weight excluding hydrogens is 250 g/mol. The number of rotatable bonds is 4. The van der Waals surface area contributed by atoms with E-state index >= 15 is 0 Å². The lowest BCUT2D eigenvalue weighted by Crippen LogP contribution is -2.35. The maximum atomic E-state index is 12.1. The second-order valence-corrected chi connectivity index (χ2v) is 6.71. The Morgan fingerprint density at radius 1 is 1.28 bits per heavy atom. The van der Waals surface area contributed by atoms with Gasteiger partial charge in [0.05, 0.1) is 4.90 Å². The number of aryl methyl sites for hydroxylation is 2. The Hall–Kier alpha value is -1.36. The minimum Gasteiger partial charge on any atom is -0.353 e. The van der Waals surface area contributed by atoms with Crippen LogP contribution in [0.4, 0.5) is 0 Å². The quantitative estimate of drug-likeness (QED) is 0.903. The first-order valence-electron chi connectivity index (χ1n) is 5.82. The topological polar surface area (TPSA) is 63.2 Å². The molecule has 1 aromatic rings. The molecule has 0 aromatic heterocycles. The van der Waals surface area contributed by atoms with Gasteiger partial charge in [0.15, 0.2) is 9.84 Å². The maximum Gasteiger partial charge on any atom is 0.235 e. The Labute approximate surface area is 108 Å². The molecule has 0 aliphatic carbocycles. The van der Waals surface area contributed by atoms with Crippen molar-refractivity contribution in [3.63, 3.8) is 0 Å². The second-order valence-electron chi connectivity index (χ2n) is 4.75. The van der Waals surface area contributed by atoms with Crippen LogP contribution in [0.3, 0.4) is 0 Å². The zero-order chi connectivity index (χ0) is 13.9. The van der Waals surface area contributed by atoms with Crippen LogP contribution in [0.2, 0.25) is 0 Å². The summed E-state index contributed by atoms with van der Waals surface area (Å²) in [7, 11) is -3.56. The van der Waals surface area contributed by atoms with Gasteiger partial charge >= 0.3 is 0 Å². The van der Waals surface area contributed by atoms with Crippen molar-refractivity contribution in [2.24, 2.45) is 0 Å². The molecule has 1 rings (SSSR count). The van der Waals surface area contributed by atoms with Crippen LogP contribution >= 0.6 is 0 Å². The summed E-state index contributed by atoms with van der Waals surface area (Å²) in [5.41, 5.74) is 1.67. The van der Waals surface area contributed by atoms with E-state index in [4.69, 9.17) is 0 Å². The second kappa shape index (κ2) is 5.52. The Morgan fingerprint density at radius 3 is 2.39 bits per heavy atom. The average Bonchev–Trinajstić information content (AvgIpc) is 2.13. The van der Waals surface area contributed by atoms with Crippen LogP contribution in [0.15, 0.2) is 23.1 Å². The lowest BCUT2D eigenvalue weighted by atomic mass is 10.2. The molecule has 0 saturated heterocycles. The molecule has 4 nitrogen and oxygen atoms in total. The third-order valence-electron chi connectivity index (χ3n) is 2.44. The predicted molar refractivity (Wildman–Crippen MR) is 71.2 cm³/mol. The minimum absolute atomic E-state index is 0.0631. The van der Waals surface area contributed by atoms with Crippen molar-refractivity contribution in [1.82, 2.24) is 5.32 Å². The summed E-state index contributed by atoms with van der Waals surface area (Å²) < 4.78 is 24.2. The first-order valence-corrected chi connectivity index (χ1v) is 7.47. The third-order valence-corrected chi connectivity index (χ3v) is 4.21. The fourth-order valence-corrected chi connectivity index (χ4v) is 3.17. The predicted octanol–water partition coefficient (Wildman–Crippen LogP) is 1.60. The monoisotopic (exact) mass is 269 g/mol. The first kappa shape index (κ1) is 14.7. The molecule has 0 aliphatic heterocycles. The van der Waals surface area contributed by atoms with E-state index in [1.165, 1.54) is 0 Å². The number of hydrogen-bond donors (Lipinski definition) is 1. The Bertz CT molecular complexity index is 547. The Balaban J connectivity index is 2.97. The SMILES string of the molecule is Cc1ccc(S(=O)(=O)CC(=O)NC(C)C)c(C)c1. The third kappa shape index (κ3) is 3.84. The smallest absolute Gasteiger partial charge is 0.235 e. The van der Waals surface area contributed by atoms with Gasteiger partial charge in [0.25, 0.3) is 0 Å². The molecule has 0 bridgehead atoms. The number of sulfone groups is 1. The Morgan fingerprint density at radius 2 is 1.89 bits per heavy atom. The van der Waals surface area contributed by atoms with E-state index in [-0.39, 0.29) is 10.9 Å². The largest absolute Gasteiger partial charge is 0.353 e. The molecule has 0 unspecified atom stereocenters. The van der Waals surface area contributed by atoms with Crippen molar-refractivity contribution < 1.29 is 13.2 Å². The first-order chi connectivity index (χ1) is 8.22. The number of carbonyl (C=O) groups excluding carboxylic acids is 1. The number of hydrogen-bond acceptors (Lipinski definition) is 3. The standard InChI is InChI=1S/C13H19NO3S/c1-9(2)14-13(15)8-18(16,17)12-6-5-10(3)7-11(12)4/h5-7,9H,8H2,1-4H3,(H,14,15). The highest BCUT2D eigenvalue weighted by molar-refractivity contribution is 7.92. The fraction of sp³-hybridized carbons (Fsp3) is 0.462. The highest BCUT2D eigenvalue weighted by Gasteiger charge is 2.21. The molecule has 0 heterocycles. The van der Waals surface area contributed by atoms with Crippen LogP contribution in [0.5, 0.6) is 0 Å². The summed E-state index contributed by atoms with van der Waals surface area (Å²) >= 11 is 0. The summed E-state index contributed by atoms with van der Waals surface area (Å²) in [6.45, 7) is 7.22. The van der Waals surface area contributed by atoms with Crippen LogP contribution in [0.25, 0.3) is 0 Å². The van der Waals surface area contributed by atoms with Gasteiger partial charge in [-0.2, -0.15) is 0 Å². The lowest BCUT2D eigenvalue weighted by molar-refractivity contribution is -0.119. The van der Waals surface area contributed by atoms with Crippen molar-refractivity contribution in [2.75, 3.05) is 5.75 Å². The normalized spacial score (nSPS) is 11.6. The highest BCUT2D eigenvalue weighted by atomic mass is 32.2. The molecule has 0 radical (unpaired) electrons. The molecule has 0 aliphatic rings. The van der Waals surface area contributed by atoms with Gasteiger partial charge in [0.1, 0.15) is 5.75 Å². The molecule has 1 aromatic carbocycles. The van der Waals surface area contributed by atoms with Crippen LogP contribution in [0.1, 0.15) is 25.0 Å². The van der Waals surface area contributed by atoms with Gasteiger partial charge in [-0.05, 0) is 39.3 Å². The number of benzene rings is 1. The van der Waals surface area contributed by atoms with Crippen LogP contribution in [-0.2, 0) is 14.6 Å². The molecule has 18 heavy (non-hydrogen) atoms. The molecule has 1 amide bonds. The van der Waals surface area contributed by atoms with Crippen LogP contribution in [0, 0.1) is 13.8 Å². The van der Waals surface area contributed by atoms with E-state index in [0.717, 1.165) is 5.56 Å². The molecule has 5 heteroatoms. The maximum absolute atomic E-state index is 12.1. The van der Waals surface area contributed by atoms with Gasteiger partial charge in [0, 0.05) is 6.04 Å². The van der Waals surface area contributed by atoms with E-state index in [9.17, 15) is 13.2 Å². The summed E-state index contributed by atoms with van der Waals surface area (Å²) in [5.74, 6) is -0.972. The minimum atomic E-state index is -3.56. The molecule has 100 valence electrons. The molecular formula is C13H19NO3S. The number of nitrogens with one attached hydrogen (secondary N) is 1. The van der Waals surface area contributed by atoms with E-state index in [1.54, 1.807) is 39.0 Å². The van der Waals surface area contributed by atoms with Crippen molar-refractivity contribution >= 4 is 15.7 Å². The zero-order valence-corrected chi connectivity index (χ0v) is 12.0. The van der Waals surface area contributed by atoms with E-state index in [1.807, 2.05) is 6.92 Å². The Kier molecular flexibility index (Phi) is 4.51. The van der Waals surface area contributed by atoms with Gasteiger partial charge in [-0.15, -0.1) is 0 Å². The lowest BCUT2D eigenvalue weighted by Gasteiger charge is -2.10. The number of carbonyl (C=O) groups is 1. The van der Waals surface area contributed by atoms with Gasteiger partial charge < -0.3 is 5.32 Å². The van der Waals surface area contributed by atoms with Gasteiger partial charge in [-0.25, -0.2) is 8.42 Å². The molecule has 0 spiro atoms. The van der Waals surface area contributed by atoms with Gasteiger partial charge in [-0.3, -0.25) is 4.79 Å². The van der Waals surface area contributed by atoms with Crippen LogP contribution < -0.4 is 5.32 Å². The van der Waals surface area contributed by atoms with Crippen molar-refractivity contribution in [3.8, 4) is 0 Å². The fourth-order valence-electron chi connectivity index (χ4n) is 1.76. The highest BCUT2D eigenvalue weighted by Crippen LogP contribution is 2.17. The summed E-state index contributed by atoms with van der Waals surface area (Å²) in [6, 6.07) is 5.03. The van der Waals surface area contributed by atoms with Crippen LogP contribution in [-0.4, -0.2) is 26.1 Å². The van der Waals surface area contributed by atoms with Crippen molar-refractivity contribution in [1.29, 1.82) is 0 Å². The van der Waals surface area contributed by atoms with E-state index in [2.05, 4.69) is 5.32 Å².